The first-order chi connectivity index (χ1) is 13.2. The molecule has 0 aliphatic carbocycles. The molecule has 0 bridgehead atoms. The van der Waals surface area contributed by atoms with Crippen LogP contribution in [0.15, 0.2) is 91.0 Å². The molecule has 1 saturated heterocycles. The molecule has 27 heavy (non-hydrogen) atoms. The largest absolute Gasteiger partial charge is 0.448 e. The Morgan fingerprint density at radius 1 is 0.815 bits per heavy atom. The average Bonchev–Trinajstić information content (AvgIpc) is 3.07. The summed E-state index contributed by atoms with van der Waals surface area (Å²) in [7, 11) is 0. The van der Waals surface area contributed by atoms with Gasteiger partial charge in [-0.15, -0.1) is 0 Å². The zero-order chi connectivity index (χ0) is 18.7. The number of cyclic esters (lactones) is 1. The molecule has 4 nitrogen and oxygen atoms in total. The highest BCUT2D eigenvalue weighted by molar-refractivity contribution is 5.97. The first kappa shape index (κ1) is 17.0. The minimum atomic E-state index is -0.908. The molecule has 1 heterocycles. The molecule has 3 aromatic rings. The van der Waals surface area contributed by atoms with Gasteiger partial charge in [-0.2, -0.15) is 0 Å². The molecule has 3 aromatic carbocycles. The van der Waals surface area contributed by atoms with Crippen LogP contribution in [0.3, 0.4) is 0 Å². The summed E-state index contributed by atoms with van der Waals surface area (Å²) in [4.78, 5) is 25.2. The van der Waals surface area contributed by atoms with Crippen LogP contribution in [0.1, 0.15) is 27.9 Å². The Kier molecular flexibility index (Phi) is 4.47. The average molecular weight is 357 g/mol. The first-order valence-corrected chi connectivity index (χ1v) is 8.89. The van der Waals surface area contributed by atoms with Gasteiger partial charge < -0.3 is 10.1 Å². The number of carbonyl (C=O) groups excluding carboxylic acids is 2. The van der Waals surface area contributed by atoms with Gasteiger partial charge in [0, 0.05) is 23.1 Å². The number of amides is 1. The lowest BCUT2D eigenvalue weighted by atomic mass is 9.83. The van der Waals surface area contributed by atoms with Gasteiger partial charge in [0.15, 0.2) is 5.60 Å². The van der Waals surface area contributed by atoms with Gasteiger partial charge in [0.05, 0.1) is 0 Å². The number of esters is 1. The third-order valence-corrected chi connectivity index (χ3v) is 4.87. The quantitative estimate of drug-likeness (QED) is 0.725. The van der Waals surface area contributed by atoms with Crippen molar-refractivity contribution in [2.24, 2.45) is 0 Å². The van der Waals surface area contributed by atoms with Gasteiger partial charge in [0.2, 0.25) is 0 Å². The van der Waals surface area contributed by atoms with E-state index in [2.05, 4.69) is 5.32 Å². The maximum Gasteiger partial charge on any atom is 0.330 e. The van der Waals surface area contributed by atoms with Crippen molar-refractivity contribution in [1.29, 1.82) is 0 Å². The molecule has 1 atom stereocenters. The molecule has 1 aliphatic rings. The Labute approximate surface area is 157 Å². The minimum Gasteiger partial charge on any atom is -0.448 e. The van der Waals surface area contributed by atoms with Crippen LogP contribution in [-0.2, 0) is 15.1 Å². The molecular weight excluding hydrogens is 338 g/mol. The molecule has 4 heteroatoms. The second-order valence-corrected chi connectivity index (χ2v) is 6.58. The van der Waals surface area contributed by atoms with E-state index >= 15 is 0 Å². The molecule has 134 valence electrons. The Bertz CT molecular complexity index is 900. The van der Waals surface area contributed by atoms with Crippen molar-refractivity contribution in [1.82, 2.24) is 5.32 Å². The topological polar surface area (TPSA) is 55.4 Å². The summed E-state index contributed by atoms with van der Waals surface area (Å²) in [6.07, 6.45) is 0.346. The second-order valence-electron chi connectivity index (χ2n) is 6.58. The van der Waals surface area contributed by atoms with E-state index in [9.17, 15) is 9.59 Å². The lowest BCUT2D eigenvalue weighted by Crippen LogP contribution is -2.38. The summed E-state index contributed by atoms with van der Waals surface area (Å²) in [5, 5.41) is 2.83. The summed E-state index contributed by atoms with van der Waals surface area (Å²) >= 11 is 0. The molecule has 0 radical (unpaired) electrons. The number of hydrogen-bond acceptors (Lipinski definition) is 3. The van der Waals surface area contributed by atoms with Crippen LogP contribution >= 0.6 is 0 Å². The molecule has 4 rings (SSSR count). The Hall–Kier alpha value is -3.40. The highest BCUT2D eigenvalue weighted by atomic mass is 16.6. The Balaban J connectivity index is 1.67. The Morgan fingerprint density at radius 2 is 1.30 bits per heavy atom. The number of nitrogens with one attached hydrogen (secondary N) is 1. The third-order valence-electron chi connectivity index (χ3n) is 4.87. The van der Waals surface area contributed by atoms with Crippen LogP contribution in [0, 0.1) is 0 Å². The second kappa shape index (κ2) is 7.08. The SMILES string of the molecule is O=C(NC1CC(c2ccccc2)(c2ccccc2)OC1=O)c1ccccc1. The predicted octanol–water partition coefficient (Wildman–Crippen LogP) is 3.68. The maximum atomic E-state index is 12.7. The zero-order valence-corrected chi connectivity index (χ0v) is 14.7. The summed E-state index contributed by atoms with van der Waals surface area (Å²) in [5.74, 6) is -0.707. The van der Waals surface area contributed by atoms with Crippen LogP contribution < -0.4 is 5.32 Å². The Morgan fingerprint density at radius 3 is 1.81 bits per heavy atom. The smallest absolute Gasteiger partial charge is 0.330 e. The van der Waals surface area contributed by atoms with Crippen LogP contribution in [0.25, 0.3) is 0 Å². The van der Waals surface area contributed by atoms with Crippen LogP contribution in [0.5, 0.6) is 0 Å². The van der Waals surface area contributed by atoms with Crippen molar-refractivity contribution < 1.29 is 14.3 Å². The molecule has 1 amide bonds. The maximum absolute atomic E-state index is 12.7. The van der Waals surface area contributed by atoms with Crippen molar-refractivity contribution in [2.75, 3.05) is 0 Å². The van der Waals surface area contributed by atoms with E-state index in [1.807, 2.05) is 66.7 Å². The minimum absolute atomic E-state index is 0.283. The van der Waals surface area contributed by atoms with Gasteiger partial charge in [-0.1, -0.05) is 78.9 Å². The normalized spacial score (nSPS) is 17.9. The summed E-state index contributed by atoms with van der Waals surface area (Å²) < 4.78 is 5.92. The van der Waals surface area contributed by atoms with Crippen LogP contribution in [-0.4, -0.2) is 17.9 Å². The summed E-state index contributed by atoms with van der Waals surface area (Å²) in [5.41, 5.74) is 1.39. The fraction of sp³-hybridized carbons (Fsp3) is 0.130. The molecule has 0 saturated carbocycles. The fourth-order valence-electron chi connectivity index (χ4n) is 3.53. The van der Waals surface area contributed by atoms with Gasteiger partial charge in [0.1, 0.15) is 6.04 Å². The van der Waals surface area contributed by atoms with E-state index in [1.54, 1.807) is 24.3 Å². The lowest BCUT2D eigenvalue weighted by molar-refractivity contribution is -0.147. The van der Waals surface area contributed by atoms with Crippen molar-refractivity contribution in [3.8, 4) is 0 Å². The van der Waals surface area contributed by atoms with Crippen LogP contribution in [0.2, 0.25) is 0 Å². The van der Waals surface area contributed by atoms with Crippen molar-refractivity contribution in [3.63, 3.8) is 0 Å². The number of carbonyl (C=O) groups is 2. The fourth-order valence-corrected chi connectivity index (χ4v) is 3.53. The summed E-state index contributed by atoms with van der Waals surface area (Å²) in [6.45, 7) is 0. The van der Waals surface area contributed by atoms with Gasteiger partial charge >= 0.3 is 5.97 Å². The van der Waals surface area contributed by atoms with Gasteiger partial charge in [-0.3, -0.25) is 4.79 Å². The van der Waals surface area contributed by atoms with Crippen molar-refractivity contribution in [3.05, 3.63) is 108 Å². The highest BCUT2D eigenvalue weighted by Gasteiger charge is 2.49. The van der Waals surface area contributed by atoms with E-state index in [4.69, 9.17) is 4.74 Å². The zero-order valence-electron chi connectivity index (χ0n) is 14.7. The third kappa shape index (κ3) is 3.22. The van der Waals surface area contributed by atoms with E-state index in [-0.39, 0.29) is 5.91 Å². The monoisotopic (exact) mass is 357 g/mol. The van der Waals surface area contributed by atoms with E-state index in [1.165, 1.54) is 0 Å². The lowest BCUT2D eigenvalue weighted by Gasteiger charge is -2.28. The van der Waals surface area contributed by atoms with Crippen molar-refractivity contribution in [2.45, 2.75) is 18.1 Å². The first-order valence-electron chi connectivity index (χ1n) is 8.89. The number of hydrogen-bond donors (Lipinski definition) is 1. The van der Waals surface area contributed by atoms with E-state index < -0.39 is 17.6 Å². The summed E-state index contributed by atoms with van der Waals surface area (Å²) in [6, 6.07) is 27.5. The predicted molar refractivity (Wildman–Crippen MR) is 102 cm³/mol. The molecular formula is C23H19NO3. The van der Waals surface area contributed by atoms with Crippen molar-refractivity contribution >= 4 is 11.9 Å². The molecule has 1 unspecified atom stereocenters. The van der Waals surface area contributed by atoms with Crippen LogP contribution in [0.4, 0.5) is 0 Å². The number of benzene rings is 3. The number of ether oxygens (including phenoxy) is 1. The van der Waals surface area contributed by atoms with Gasteiger partial charge in [-0.05, 0) is 12.1 Å². The van der Waals surface area contributed by atoms with Gasteiger partial charge in [-0.25, -0.2) is 4.79 Å². The molecule has 1 aliphatic heterocycles. The van der Waals surface area contributed by atoms with E-state index in [0.717, 1.165) is 11.1 Å². The van der Waals surface area contributed by atoms with Gasteiger partial charge in [0.25, 0.3) is 5.91 Å². The van der Waals surface area contributed by atoms with E-state index in [0.29, 0.717) is 12.0 Å². The highest BCUT2D eigenvalue weighted by Crippen LogP contribution is 2.42. The molecule has 0 spiro atoms. The number of rotatable bonds is 4. The molecule has 1 fully saturated rings. The standard InChI is InChI=1S/C23H19NO3/c25-21(17-10-4-1-5-11-17)24-20-16-23(27-22(20)26,18-12-6-2-7-13-18)19-14-8-3-9-15-19/h1-15,20H,16H2,(H,24,25). The molecule has 0 aromatic heterocycles. The molecule has 1 N–H and O–H groups in total.